The van der Waals surface area contributed by atoms with Crippen molar-refractivity contribution in [1.29, 1.82) is 0 Å². The van der Waals surface area contributed by atoms with Gasteiger partial charge < -0.3 is 0 Å². The van der Waals surface area contributed by atoms with Gasteiger partial charge in [0.05, 0.1) is 5.56 Å². The minimum Gasteiger partial charge on any atom is -0.166 e. The third-order valence-electron chi connectivity index (χ3n) is 5.45. The fraction of sp³-hybridized carbons (Fsp3) is 0.455. The normalized spacial score (nSPS) is 21.3. The second-order valence-corrected chi connectivity index (χ2v) is 7.21. The average molecular weight is 346 g/mol. The first kappa shape index (κ1) is 18.0. The third kappa shape index (κ3) is 4.45. The van der Waals surface area contributed by atoms with Gasteiger partial charge in [0.25, 0.3) is 0 Å². The molecule has 0 bridgehead atoms. The second-order valence-electron chi connectivity index (χ2n) is 7.21. The summed E-state index contributed by atoms with van der Waals surface area (Å²) < 4.78 is 38.6. The lowest BCUT2D eigenvalue weighted by Gasteiger charge is -2.28. The zero-order chi connectivity index (χ0) is 17.9. The van der Waals surface area contributed by atoms with E-state index in [4.69, 9.17) is 0 Å². The molecule has 0 heterocycles. The van der Waals surface area contributed by atoms with Crippen LogP contribution in [-0.2, 0) is 6.18 Å². The number of hydrogen-bond donors (Lipinski definition) is 0. The van der Waals surface area contributed by atoms with Crippen LogP contribution in [0.5, 0.6) is 0 Å². The average Bonchev–Trinajstić information content (AvgIpc) is 2.62. The fourth-order valence-electron chi connectivity index (χ4n) is 4.02. The van der Waals surface area contributed by atoms with Crippen LogP contribution in [0.3, 0.4) is 0 Å². The lowest BCUT2D eigenvalue weighted by molar-refractivity contribution is -0.137. The van der Waals surface area contributed by atoms with Gasteiger partial charge in [-0.2, -0.15) is 13.2 Å². The molecule has 25 heavy (non-hydrogen) atoms. The first-order valence-corrected chi connectivity index (χ1v) is 9.25. The molecule has 3 heteroatoms. The SMILES string of the molecule is CCCC1CCC(c2ccc(-c3cccc(C(F)(F)F)c3)cc2)CC1. The van der Waals surface area contributed by atoms with Gasteiger partial charge in [-0.05, 0) is 66.3 Å². The van der Waals surface area contributed by atoms with Gasteiger partial charge >= 0.3 is 6.18 Å². The molecule has 0 amide bonds. The van der Waals surface area contributed by atoms with E-state index in [1.807, 2.05) is 12.1 Å². The van der Waals surface area contributed by atoms with E-state index in [2.05, 4.69) is 19.1 Å². The lowest BCUT2D eigenvalue weighted by Crippen LogP contribution is -2.13. The van der Waals surface area contributed by atoms with Crippen molar-refractivity contribution in [3.05, 3.63) is 59.7 Å². The summed E-state index contributed by atoms with van der Waals surface area (Å²) in [5.74, 6) is 1.48. The number of benzene rings is 2. The van der Waals surface area contributed by atoms with Crippen LogP contribution < -0.4 is 0 Å². The Kier molecular flexibility index (Phi) is 5.51. The lowest BCUT2D eigenvalue weighted by atomic mass is 9.77. The maximum atomic E-state index is 12.9. The predicted octanol–water partition coefficient (Wildman–Crippen LogP) is 7.45. The summed E-state index contributed by atoms with van der Waals surface area (Å²) in [4.78, 5) is 0. The summed E-state index contributed by atoms with van der Waals surface area (Å²) in [5.41, 5.74) is 2.19. The minimum atomic E-state index is -4.30. The van der Waals surface area contributed by atoms with Gasteiger partial charge in [-0.15, -0.1) is 0 Å². The monoisotopic (exact) mass is 346 g/mol. The summed E-state index contributed by atoms with van der Waals surface area (Å²) in [5, 5.41) is 0. The van der Waals surface area contributed by atoms with Crippen LogP contribution in [0.25, 0.3) is 11.1 Å². The van der Waals surface area contributed by atoms with Crippen LogP contribution in [0, 0.1) is 5.92 Å². The van der Waals surface area contributed by atoms with Gasteiger partial charge in [-0.3, -0.25) is 0 Å². The van der Waals surface area contributed by atoms with E-state index in [0.717, 1.165) is 17.5 Å². The minimum absolute atomic E-state index is 0.594. The molecule has 0 aliphatic heterocycles. The Morgan fingerprint density at radius 2 is 1.56 bits per heavy atom. The Labute approximate surface area is 148 Å². The van der Waals surface area contributed by atoms with Gasteiger partial charge in [0.15, 0.2) is 0 Å². The van der Waals surface area contributed by atoms with Crippen molar-refractivity contribution in [1.82, 2.24) is 0 Å². The molecule has 0 spiro atoms. The van der Waals surface area contributed by atoms with E-state index in [1.165, 1.54) is 56.2 Å². The molecule has 134 valence electrons. The molecular formula is C22H25F3. The van der Waals surface area contributed by atoms with Crippen LogP contribution in [0.2, 0.25) is 0 Å². The smallest absolute Gasteiger partial charge is 0.166 e. The molecule has 0 unspecified atom stereocenters. The topological polar surface area (TPSA) is 0 Å². The molecular weight excluding hydrogens is 321 g/mol. The Hall–Kier alpha value is -1.77. The second kappa shape index (κ2) is 7.63. The molecule has 2 aromatic carbocycles. The van der Waals surface area contributed by atoms with Crippen LogP contribution in [0.15, 0.2) is 48.5 Å². The largest absolute Gasteiger partial charge is 0.416 e. The summed E-state index contributed by atoms with van der Waals surface area (Å²) in [6.07, 6.45) is 3.36. The van der Waals surface area contributed by atoms with Gasteiger partial charge in [-0.1, -0.05) is 56.2 Å². The molecule has 1 saturated carbocycles. The van der Waals surface area contributed by atoms with Crippen LogP contribution in [-0.4, -0.2) is 0 Å². The van der Waals surface area contributed by atoms with E-state index in [-0.39, 0.29) is 0 Å². The summed E-state index contributed by atoms with van der Waals surface area (Å²) in [6.45, 7) is 2.25. The Morgan fingerprint density at radius 1 is 0.880 bits per heavy atom. The third-order valence-corrected chi connectivity index (χ3v) is 5.45. The molecule has 0 N–H and O–H groups in total. The highest BCUT2D eigenvalue weighted by Gasteiger charge is 2.30. The molecule has 0 nitrogen and oxygen atoms in total. The zero-order valence-electron chi connectivity index (χ0n) is 14.7. The van der Waals surface area contributed by atoms with Crippen molar-refractivity contribution in [2.75, 3.05) is 0 Å². The highest BCUT2D eigenvalue weighted by Crippen LogP contribution is 2.38. The van der Waals surface area contributed by atoms with Gasteiger partial charge in [-0.25, -0.2) is 0 Å². The number of hydrogen-bond acceptors (Lipinski definition) is 0. The molecule has 1 fully saturated rings. The molecule has 0 radical (unpaired) electrons. The fourth-order valence-corrected chi connectivity index (χ4v) is 4.02. The van der Waals surface area contributed by atoms with E-state index >= 15 is 0 Å². The Morgan fingerprint density at radius 3 is 2.16 bits per heavy atom. The van der Waals surface area contributed by atoms with Crippen LogP contribution >= 0.6 is 0 Å². The Balaban J connectivity index is 1.71. The van der Waals surface area contributed by atoms with Gasteiger partial charge in [0.1, 0.15) is 0 Å². The quantitative estimate of drug-likeness (QED) is 0.539. The van der Waals surface area contributed by atoms with Crippen molar-refractivity contribution >= 4 is 0 Å². The Bertz CT molecular complexity index is 677. The van der Waals surface area contributed by atoms with Crippen molar-refractivity contribution in [3.63, 3.8) is 0 Å². The summed E-state index contributed by atoms with van der Waals surface area (Å²) >= 11 is 0. The summed E-state index contributed by atoms with van der Waals surface area (Å²) in [6, 6.07) is 13.7. The standard InChI is InChI=1S/C22H25F3/c1-2-4-16-7-9-17(10-8-16)18-11-13-19(14-12-18)20-5-3-6-21(15-20)22(23,24)25/h3,5-6,11-17H,2,4,7-10H2,1H3. The van der Waals surface area contributed by atoms with E-state index in [9.17, 15) is 13.2 Å². The molecule has 1 aliphatic carbocycles. The van der Waals surface area contributed by atoms with E-state index in [1.54, 1.807) is 6.07 Å². The van der Waals surface area contributed by atoms with E-state index < -0.39 is 11.7 Å². The molecule has 0 aromatic heterocycles. The van der Waals surface area contributed by atoms with Crippen molar-refractivity contribution in [2.24, 2.45) is 5.92 Å². The number of rotatable bonds is 4. The maximum absolute atomic E-state index is 12.9. The molecule has 0 saturated heterocycles. The first-order valence-electron chi connectivity index (χ1n) is 9.25. The predicted molar refractivity (Wildman–Crippen MR) is 96.5 cm³/mol. The van der Waals surface area contributed by atoms with Gasteiger partial charge in [0, 0.05) is 0 Å². The van der Waals surface area contributed by atoms with Crippen molar-refractivity contribution in [2.45, 2.75) is 57.5 Å². The van der Waals surface area contributed by atoms with Crippen LogP contribution in [0.4, 0.5) is 13.2 Å². The maximum Gasteiger partial charge on any atom is 0.416 e. The van der Waals surface area contributed by atoms with Gasteiger partial charge in [0.2, 0.25) is 0 Å². The molecule has 1 aliphatic rings. The number of halogens is 3. The molecule has 0 atom stereocenters. The van der Waals surface area contributed by atoms with E-state index in [0.29, 0.717) is 11.5 Å². The number of alkyl halides is 3. The van der Waals surface area contributed by atoms with Crippen molar-refractivity contribution < 1.29 is 13.2 Å². The molecule has 3 rings (SSSR count). The first-order chi connectivity index (χ1) is 12.0. The highest BCUT2D eigenvalue weighted by atomic mass is 19.4. The zero-order valence-corrected chi connectivity index (χ0v) is 14.7. The molecule has 2 aromatic rings. The summed E-state index contributed by atoms with van der Waals surface area (Å²) in [7, 11) is 0. The van der Waals surface area contributed by atoms with Crippen LogP contribution in [0.1, 0.15) is 62.5 Å². The highest BCUT2D eigenvalue weighted by molar-refractivity contribution is 5.64. The van der Waals surface area contributed by atoms with Crippen molar-refractivity contribution in [3.8, 4) is 11.1 Å².